The van der Waals surface area contributed by atoms with E-state index in [1.165, 1.54) is 16.8 Å². The van der Waals surface area contributed by atoms with E-state index >= 15 is 0 Å². The van der Waals surface area contributed by atoms with Gasteiger partial charge < -0.3 is 14.2 Å². The number of carbonyl (C=O) groups is 1. The molecule has 0 fully saturated rings. The summed E-state index contributed by atoms with van der Waals surface area (Å²) in [6, 6.07) is 4.20. The van der Waals surface area contributed by atoms with Crippen LogP contribution >= 0.6 is 0 Å². The van der Waals surface area contributed by atoms with Gasteiger partial charge in [0.05, 0.1) is 35.7 Å². The van der Waals surface area contributed by atoms with E-state index in [-0.39, 0.29) is 5.97 Å². The van der Waals surface area contributed by atoms with Gasteiger partial charge in [-0.1, -0.05) is 6.92 Å². The second kappa shape index (κ2) is 11.1. The fourth-order valence-corrected chi connectivity index (χ4v) is 4.38. The van der Waals surface area contributed by atoms with Crippen molar-refractivity contribution in [1.82, 2.24) is 0 Å². The summed E-state index contributed by atoms with van der Waals surface area (Å²) in [7, 11) is -1.35. The number of nitrogens with zero attached hydrogens (tertiary/aromatic N) is 1. The van der Waals surface area contributed by atoms with E-state index in [0.29, 0.717) is 24.9 Å². The van der Waals surface area contributed by atoms with E-state index in [1.54, 1.807) is 14.2 Å². The molecule has 10 heteroatoms. The summed E-state index contributed by atoms with van der Waals surface area (Å²) in [5.74, 6) is 2.34. The van der Waals surface area contributed by atoms with Crippen molar-refractivity contribution in [3.63, 3.8) is 0 Å². The third-order valence-corrected chi connectivity index (χ3v) is 5.79. The summed E-state index contributed by atoms with van der Waals surface area (Å²) in [5.41, 5.74) is 3.89. The van der Waals surface area contributed by atoms with Gasteiger partial charge in [0.15, 0.2) is 17.2 Å². The number of hydrogen-bond acceptors (Lipinski definition) is 8. The van der Waals surface area contributed by atoms with Gasteiger partial charge >= 0.3 is 5.97 Å². The van der Waals surface area contributed by atoms with E-state index in [9.17, 15) is 4.79 Å². The molecule has 2 heterocycles. The third kappa shape index (κ3) is 7.05. The Hall–Kier alpha value is -1.91. The van der Waals surface area contributed by atoms with Crippen molar-refractivity contribution in [2.75, 3.05) is 33.9 Å². The van der Waals surface area contributed by atoms with Crippen molar-refractivity contribution in [1.29, 1.82) is 0 Å². The van der Waals surface area contributed by atoms with Crippen LogP contribution in [0.25, 0.3) is 0 Å². The van der Waals surface area contributed by atoms with E-state index in [1.807, 2.05) is 6.92 Å². The second-order valence-corrected chi connectivity index (χ2v) is 8.34. The highest BCUT2D eigenvalue weighted by Crippen LogP contribution is 2.37. The van der Waals surface area contributed by atoms with Gasteiger partial charge in [0.1, 0.15) is 13.1 Å². The molecule has 0 bridgehead atoms. The van der Waals surface area contributed by atoms with Gasteiger partial charge in [0, 0.05) is 30.7 Å². The molecule has 0 amide bonds. The number of halogens is 1. The molecule has 174 valence electrons. The quantitative estimate of drug-likeness (QED) is 0.418. The zero-order valence-electron chi connectivity index (χ0n) is 18.4. The average molecular weight is 461 g/mol. The van der Waals surface area contributed by atoms with Gasteiger partial charge in [-0.3, -0.25) is 4.79 Å². The molecule has 0 spiro atoms. The summed E-state index contributed by atoms with van der Waals surface area (Å²) < 4.78 is 51.4. The first kappa shape index (κ1) is 25.4. The zero-order chi connectivity index (χ0) is 23.2. The highest BCUT2D eigenvalue weighted by molar-refractivity contribution is 6.00. The number of esters is 1. The maximum Gasteiger partial charge on any atom is 0.306 e. The number of methoxy groups -OCH3 is 2. The van der Waals surface area contributed by atoms with Gasteiger partial charge in [0.2, 0.25) is 0 Å². The summed E-state index contributed by atoms with van der Waals surface area (Å²) in [5, 5.41) is 0. The second-order valence-electron chi connectivity index (χ2n) is 7.54. The number of benzene rings is 1. The van der Waals surface area contributed by atoms with E-state index < -0.39 is 10.2 Å². The molecule has 9 nitrogen and oxygen atoms in total. The topological polar surface area (TPSA) is 137 Å². The molecule has 2 aliphatic rings. The molecule has 3 rings (SSSR count). The number of hydrogen-bond donors (Lipinski definition) is 1. The van der Waals surface area contributed by atoms with Gasteiger partial charge in [-0.2, -0.15) is 14.0 Å². The lowest BCUT2D eigenvalue weighted by molar-refractivity contribution is -1.92. The monoisotopic (exact) mass is 460 g/mol. The maximum absolute atomic E-state index is 12.1. The van der Waals surface area contributed by atoms with Gasteiger partial charge in [-0.15, -0.1) is 0 Å². The maximum atomic E-state index is 12.1. The highest BCUT2D eigenvalue weighted by atomic mass is 35.7. The van der Waals surface area contributed by atoms with Crippen molar-refractivity contribution >= 4 is 11.7 Å². The fourth-order valence-electron chi connectivity index (χ4n) is 4.38. The van der Waals surface area contributed by atoms with Gasteiger partial charge in [0.25, 0.3) is 0 Å². The molecule has 0 saturated heterocycles. The summed E-state index contributed by atoms with van der Waals surface area (Å²) in [4.78, 5) is 12.1. The smallest absolute Gasteiger partial charge is 0.306 e. The minimum Gasteiger partial charge on any atom is -0.493 e. The molecule has 2 aliphatic heterocycles. The van der Waals surface area contributed by atoms with Crippen LogP contribution in [0.1, 0.15) is 44.2 Å². The molecule has 1 N–H and O–H groups in total. The first-order chi connectivity index (χ1) is 14.6. The molecule has 0 saturated carbocycles. The van der Waals surface area contributed by atoms with Gasteiger partial charge in [-0.25, -0.2) is 4.58 Å². The molecule has 1 aromatic rings. The van der Waals surface area contributed by atoms with Crippen molar-refractivity contribution in [3.05, 3.63) is 23.3 Å². The largest absolute Gasteiger partial charge is 0.493 e. The summed E-state index contributed by atoms with van der Waals surface area (Å²) >= 11 is 0. The standard InChI is InChI=1S/C21H30NO4.ClHO4/c1-5-14-13-22-8-7-15-10-19(24-3)20(25-4)12-17(15)18(22)9-16(14)11-21(23)26-6-2;2-1(3,4)5/h10,12,14,16H,5-9,11,13H2,1-4H3;(H,2,3,4,5)/q+1;. The van der Waals surface area contributed by atoms with Crippen LogP contribution in [0.15, 0.2) is 12.1 Å². The van der Waals surface area contributed by atoms with Crippen molar-refractivity contribution in [2.45, 2.75) is 39.5 Å². The SMILES string of the molecule is CCOC(=O)CC1CC2=[N+](CCc3cc(OC)c(OC)cc32)CC1CC.[O-][Cl+3]([O-])([O-])O. The molecular formula is C21H31ClNO8+. The summed E-state index contributed by atoms with van der Waals surface area (Å²) in [6.07, 6.45) is 3.52. The Morgan fingerprint density at radius 1 is 1.16 bits per heavy atom. The Balaban J connectivity index is 0.000000614. The Labute approximate surface area is 184 Å². The van der Waals surface area contributed by atoms with Crippen LogP contribution < -0.4 is 23.5 Å². The van der Waals surface area contributed by atoms with Crippen LogP contribution in [0.2, 0.25) is 0 Å². The van der Waals surface area contributed by atoms with Crippen LogP contribution in [-0.4, -0.2) is 54.8 Å². The van der Waals surface area contributed by atoms with Crippen LogP contribution in [-0.2, 0) is 16.0 Å². The van der Waals surface area contributed by atoms with E-state index in [2.05, 4.69) is 23.6 Å². The van der Waals surface area contributed by atoms with Crippen molar-refractivity contribution in [3.8, 4) is 11.5 Å². The lowest BCUT2D eigenvalue weighted by Gasteiger charge is -2.32. The molecule has 2 atom stereocenters. The minimum atomic E-state index is -4.69. The number of ether oxygens (including phenoxy) is 3. The third-order valence-electron chi connectivity index (χ3n) is 5.79. The zero-order valence-corrected chi connectivity index (χ0v) is 19.1. The Kier molecular flexibility index (Phi) is 9.08. The molecular weight excluding hydrogens is 430 g/mol. The molecule has 0 aliphatic carbocycles. The number of rotatable bonds is 6. The molecule has 0 radical (unpaired) electrons. The Morgan fingerprint density at radius 3 is 2.32 bits per heavy atom. The average Bonchev–Trinajstić information content (AvgIpc) is 2.71. The number of carbonyl (C=O) groups excluding carboxylic acids is 1. The predicted molar refractivity (Wildman–Crippen MR) is 103 cm³/mol. The lowest BCUT2D eigenvalue weighted by Crippen LogP contribution is -2.58. The first-order valence-corrected chi connectivity index (χ1v) is 11.5. The Morgan fingerprint density at radius 2 is 1.77 bits per heavy atom. The van der Waals surface area contributed by atoms with Crippen LogP contribution in [0.4, 0.5) is 0 Å². The number of fused-ring (bicyclic) bond motifs is 2. The van der Waals surface area contributed by atoms with Crippen LogP contribution in [0.5, 0.6) is 11.5 Å². The Bertz CT molecular complexity index is 799. The van der Waals surface area contributed by atoms with Crippen molar-refractivity contribution in [2.24, 2.45) is 11.8 Å². The lowest BCUT2D eigenvalue weighted by atomic mass is 9.77. The van der Waals surface area contributed by atoms with Crippen LogP contribution in [0.3, 0.4) is 0 Å². The normalized spacial score (nSPS) is 20.1. The van der Waals surface area contributed by atoms with E-state index in [0.717, 1.165) is 43.9 Å². The summed E-state index contributed by atoms with van der Waals surface area (Å²) in [6.45, 7) is 6.58. The molecule has 2 unspecified atom stereocenters. The van der Waals surface area contributed by atoms with Gasteiger partial charge in [-0.05, 0) is 37.0 Å². The predicted octanol–water partition coefficient (Wildman–Crippen LogP) is -1.06. The highest BCUT2D eigenvalue weighted by Gasteiger charge is 2.39. The van der Waals surface area contributed by atoms with Crippen LogP contribution in [0, 0.1) is 22.1 Å². The fraction of sp³-hybridized carbons (Fsp3) is 0.619. The first-order valence-electron chi connectivity index (χ1n) is 10.3. The molecule has 31 heavy (non-hydrogen) atoms. The minimum absolute atomic E-state index is 0.0756. The molecule has 1 aromatic carbocycles. The van der Waals surface area contributed by atoms with E-state index in [4.69, 9.17) is 32.8 Å². The van der Waals surface area contributed by atoms with Crippen molar-refractivity contribution < 1.29 is 52.5 Å². The molecule has 0 aromatic heterocycles.